The molecule has 1 aromatic heterocycles. The smallest absolute Gasteiger partial charge is 0.133 e. The Morgan fingerprint density at radius 1 is 1.35 bits per heavy atom. The van der Waals surface area contributed by atoms with E-state index in [0.717, 1.165) is 36.2 Å². The zero-order valence-electron chi connectivity index (χ0n) is 13.3. The molecule has 0 radical (unpaired) electrons. The fraction of sp³-hybridized carbons (Fsp3) is 0.368. The summed E-state index contributed by atoms with van der Waals surface area (Å²) in [4.78, 5) is 12.0. The van der Waals surface area contributed by atoms with E-state index in [1.807, 2.05) is 10.9 Å². The van der Waals surface area contributed by atoms with Gasteiger partial charge < -0.3 is 0 Å². The molecular formula is C19H19FN2O. The summed E-state index contributed by atoms with van der Waals surface area (Å²) in [5.41, 5.74) is 4.35. The van der Waals surface area contributed by atoms with Gasteiger partial charge in [0.1, 0.15) is 11.6 Å². The van der Waals surface area contributed by atoms with Crippen LogP contribution in [0, 0.1) is 17.2 Å². The lowest BCUT2D eigenvalue weighted by Gasteiger charge is -2.34. The van der Waals surface area contributed by atoms with Crippen molar-refractivity contribution in [1.82, 2.24) is 9.78 Å². The minimum absolute atomic E-state index is 0.0739. The molecule has 2 aliphatic carbocycles. The van der Waals surface area contributed by atoms with E-state index in [9.17, 15) is 9.18 Å². The molecule has 1 heterocycles. The largest absolute Gasteiger partial charge is 0.300 e. The van der Waals surface area contributed by atoms with Gasteiger partial charge in [-0.05, 0) is 62.1 Å². The number of carbonyl (C=O) groups excluding carboxylic acids is 1. The van der Waals surface area contributed by atoms with Crippen molar-refractivity contribution in [3.05, 3.63) is 53.1 Å². The average molecular weight is 310 g/mol. The summed E-state index contributed by atoms with van der Waals surface area (Å²) in [5.74, 6) is 0.141. The van der Waals surface area contributed by atoms with Gasteiger partial charge in [0.2, 0.25) is 0 Å². The molecule has 0 spiro atoms. The first-order chi connectivity index (χ1) is 11.0. The predicted octanol–water partition coefficient (Wildman–Crippen LogP) is 3.96. The van der Waals surface area contributed by atoms with Crippen molar-refractivity contribution in [1.29, 1.82) is 0 Å². The van der Waals surface area contributed by atoms with E-state index in [2.05, 4.69) is 18.1 Å². The molecule has 0 unspecified atom stereocenters. The van der Waals surface area contributed by atoms with Gasteiger partial charge in [0, 0.05) is 11.3 Å². The van der Waals surface area contributed by atoms with Crippen LogP contribution >= 0.6 is 0 Å². The van der Waals surface area contributed by atoms with Gasteiger partial charge in [-0.2, -0.15) is 5.10 Å². The predicted molar refractivity (Wildman–Crippen MR) is 86.7 cm³/mol. The van der Waals surface area contributed by atoms with Crippen molar-refractivity contribution in [2.45, 2.75) is 33.1 Å². The molecule has 3 nitrogen and oxygen atoms in total. The Kier molecular flexibility index (Phi) is 3.05. The molecule has 0 amide bonds. The third-order valence-electron chi connectivity index (χ3n) is 5.52. The lowest BCUT2D eigenvalue weighted by Crippen LogP contribution is -2.32. The van der Waals surface area contributed by atoms with Gasteiger partial charge in [-0.25, -0.2) is 9.07 Å². The summed E-state index contributed by atoms with van der Waals surface area (Å²) in [6, 6.07) is 6.37. The van der Waals surface area contributed by atoms with Crippen LogP contribution in [0.1, 0.15) is 37.9 Å². The lowest BCUT2D eigenvalue weighted by atomic mass is 9.69. The van der Waals surface area contributed by atoms with Crippen LogP contribution in [-0.2, 0) is 11.2 Å². The highest BCUT2D eigenvalue weighted by molar-refractivity contribution is 5.81. The fourth-order valence-corrected chi connectivity index (χ4v) is 4.28. The van der Waals surface area contributed by atoms with Crippen molar-refractivity contribution < 1.29 is 9.18 Å². The minimum Gasteiger partial charge on any atom is -0.300 e. The summed E-state index contributed by atoms with van der Waals surface area (Å²) in [5, 5.41) is 4.49. The van der Waals surface area contributed by atoms with Crippen LogP contribution in [0.3, 0.4) is 0 Å². The Morgan fingerprint density at radius 3 is 2.78 bits per heavy atom. The maximum atomic E-state index is 13.1. The molecule has 4 heteroatoms. The molecular weight excluding hydrogens is 291 g/mol. The van der Waals surface area contributed by atoms with Crippen molar-refractivity contribution >= 4 is 11.9 Å². The van der Waals surface area contributed by atoms with Crippen molar-refractivity contribution in [2.75, 3.05) is 0 Å². The Balaban J connectivity index is 1.79. The summed E-state index contributed by atoms with van der Waals surface area (Å²) in [7, 11) is 0. The van der Waals surface area contributed by atoms with Crippen molar-refractivity contribution in [3.8, 4) is 5.69 Å². The van der Waals surface area contributed by atoms with Crippen LogP contribution in [0.25, 0.3) is 11.8 Å². The second kappa shape index (κ2) is 4.88. The molecule has 118 valence electrons. The van der Waals surface area contributed by atoms with E-state index < -0.39 is 0 Å². The quantitative estimate of drug-likeness (QED) is 0.841. The highest BCUT2D eigenvalue weighted by atomic mass is 19.1. The van der Waals surface area contributed by atoms with Gasteiger partial charge >= 0.3 is 0 Å². The molecule has 1 fully saturated rings. The maximum Gasteiger partial charge on any atom is 0.133 e. The summed E-state index contributed by atoms with van der Waals surface area (Å²) in [6.07, 6.45) is 6.82. The second-order valence-corrected chi connectivity index (χ2v) is 6.91. The highest BCUT2D eigenvalue weighted by Gasteiger charge is 2.47. The van der Waals surface area contributed by atoms with Gasteiger partial charge in [-0.15, -0.1) is 0 Å². The molecule has 2 atom stereocenters. The topological polar surface area (TPSA) is 34.9 Å². The molecule has 1 saturated carbocycles. The van der Waals surface area contributed by atoms with Crippen LogP contribution in [0.15, 0.2) is 36.0 Å². The molecule has 1 aromatic carbocycles. The highest BCUT2D eigenvalue weighted by Crippen LogP contribution is 2.53. The van der Waals surface area contributed by atoms with Crippen LogP contribution in [0.2, 0.25) is 0 Å². The number of hydrogen-bond donors (Lipinski definition) is 0. The van der Waals surface area contributed by atoms with Gasteiger partial charge in [-0.1, -0.05) is 12.5 Å². The molecule has 23 heavy (non-hydrogen) atoms. The number of halogens is 1. The Morgan fingerprint density at radius 2 is 2.09 bits per heavy atom. The number of hydrogen-bond acceptors (Lipinski definition) is 2. The Bertz CT molecular complexity index is 818. The number of benzene rings is 1. The first-order valence-electron chi connectivity index (χ1n) is 8.03. The third kappa shape index (κ3) is 2.08. The Hall–Kier alpha value is -2.23. The number of fused-ring (bicyclic) bond motifs is 2. The number of ketones is 1. The van der Waals surface area contributed by atoms with Crippen LogP contribution in [0.5, 0.6) is 0 Å². The van der Waals surface area contributed by atoms with Crippen molar-refractivity contribution in [2.24, 2.45) is 11.3 Å². The zero-order valence-corrected chi connectivity index (χ0v) is 13.3. The molecule has 2 aromatic rings. The first kappa shape index (κ1) is 14.4. The van der Waals surface area contributed by atoms with Crippen LogP contribution in [0.4, 0.5) is 4.39 Å². The van der Waals surface area contributed by atoms with E-state index in [4.69, 9.17) is 0 Å². The number of aromatic nitrogens is 2. The number of rotatable bonds is 2. The van der Waals surface area contributed by atoms with E-state index in [0.29, 0.717) is 0 Å². The second-order valence-electron chi connectivity index (χ2n) is 6.91. The minimum atomic E-state index is -0.249. The normalized spacial score (nSPS) is 25.7. The van der Waals surface area contributed by atoms with Crippen LogP contribution in [-0.4, -0.2) is 15.6 Å². The van der Waals surface area contributed by atoms with E-state index in [-0.39, 0.29) is 22.9 Å². The molecule has 2 aliphatic rings. The number of nitrogens with zero attached hydrogens (tertiary/aromatic N) is 2. The Labute approximate surface area is 134 Å². The van der Waals surface area contributed by atoms with E-state index in [1.54, 1.807) is 19.1 Å². The van der Waals surface area contributed by atoms with Gasteiger partial charge in [0.25, 0.3) is 0 Å². The number of allylic oxidation sites excluding steroid dienone is 1. The summed E-state index contributed by atoms with van der Waals surface area (Å²) >= 11 is 0. The first-order valence-corrected chi connectivity index (χ1v) is 8.03. The molecule has 0 saturated heterocycles. The lowest BCUT2D eigenvalue weighted by molar-refractivity contribution is -0.123. The monoisotopic (exact) mass is 310 g/mol. The van der Waals surface area contributed by atoms with E-state index >= 15 is 0 Å². The van der Waals surface area contributed by atoms with E-state index in [1.165, 1.54) is 17.7 Å². The average Bonchev–Trinajstić information content (AvgIpc) is 3.05. The third-order valence-corrected chi connectivity index (χ3v) is 5.52. The SMILES string of the molecule is CC(=O)[C@H]1CCC2=Cc3c(cnn3-c3ccc(F)cc3)C[C@@]21C. The van der Waals surface area contributed by atoms with Gasteiger partial charge in [0.05, 0.1) is 17.6 Å². The van der Waals surface area contributed by atoms with Gasteiger partial charge in [-0.3, -0.25) is 4.79 Å². The number of carbonyl (C=O) groups is 1. The molecule has 0 aliphatic heterocycles. The van der Waals surface area contributed by atoms with Gasteiger partial charge in [0.15, 0.2) is 0 Å². The number of Topliss-reactive ketones (excluding diaryl/α,β-unsaturated/α-hetero) is 1. The van der Waals surface area contributed by atoms with Crippen LogP contribution < -0.4 is 0 Å². The maximum absolute atomic E-state index is 13.1. The molecule has 0 bridgehead atoms. The standard InChI is InChI=1S/C19H19FN2O/c1-12(23)17-8-3-14-9-18-13(10-19(14,17)2)11-21-22(18)16-6-4-15(20)5-7-16/h4-7,9,11,17H,3,8,10H2,1-2H3/t17-,19+/m1/s1. The summed E-state index contributed by atoms with van der Waals surface area (Å²) < 4.78 is 15.0. The molecule has 0 N–H and O–H groups in total. The fourth-order valence-electron chi connectivity index (χ4n) is 4.28. The summed E-state index contributed by atoms with van der Waals surface area (Å²) in [6.45, 7) is 3.91. The van der Waals surface area contributed by atoms with Crippen molar-refractivity contribution in [3.63, 3.8) is 0 Å². The molecule has 4 rings (SSSR count). The zero-order chi connectivity index (χ0) is 16.2.